The number of amides is 2. The first kappa shape index (κ1) is 27.1. The summed E-state index contributed by atoms with van der Waals surface area (Å²) in [4.78, 5) is 28.5. The van der Waals surface area contributed by atoms with E-state index in [9.17, 15) is 33.0 Å². The Balaban J connectivity index is 1.73. The molecule has 7 nitrogen and oxygen atoms in total. The first-order valence-electron chi connectivity index (χ1n) is 12.3. The highest BCUT2D eigenvalue weighted by atomic mass is 19.2. The lowest BCUT2D eigenvalue weighted by atomic mass is 9.70. The van der Waals surface area contributed by atoms with Crippen LogP contribution in [0.15, 0.2) is 36.4 Å². The summed E-state index contributed by atoms with van der Waals surface area (Å²) < 4.78 is 42.0. The quantitative estimate of drug-likeness (QED) is 0.450. The van der Waals surface area contributed by atoms with Gasteiger partial charge in [0.2, 0.25) is 11.8 Å². The molecule has 4 N–H and O–H groups in total. The van der Waals surface area contributed by atoms with Crippen LogP contribution in [0, 0.1) is 22.9 Å². The predicted molar refractivity (Wildman–Crippen MR) is 133 cm³/mol. The number of benzene rings is 2. The van der Waals surface area contributed by atoms with Gasteiger partial charge in [0.25, 0.3) is 0 Å². The Kier molecular flexibility index (Phi) is 7.38. The Bertz CT molecular complexity index is 1200. The second-order valence-corrected chi connectivity index (χ2v) is 11.1. The number of nitrogens with zero attached hydrogens (tertiary/aromatic N) is 1. The van der Waals surface area contributed by atoms with Crippen molar-refractivity contribution < 1.29 is 33.0 Å². The third-order valence-corrected chi connectivity index (χ3v) is 7.13. The maximum atomic E-state index is 14.3. The van der Waals surface area contributed by atoms with Crippen LogP contribution in [-0.4, -0.2) is 53.4 Å². The average molecular weight is 520 g/mol. The van der Waals surface area contributed by atoms with Gasteiger partial charge < -0.3 is 25.7 Å². The standard InChI is InChI=1S/C27H32F3N3O4/c1-26(2,3)13-23-27(18-10-15(28)4-7-21(18)32-25(27)37)12-22(31-23)24(36)33(9-8-17(35)14-34)16-5-6-19(29)20(30)11-16/h4-7,10-11,17,22-23,31,34-35H,8-9,12-14H2,1-3H3,(H,32,37). The van der Waals surface area contributed by atoms with Crippen molar-refractivity contribution in [2.24, 2.45) is 5.41 Å². The van der Waals surface area contributed by atoms with Crippen molar-refractivity contribution in [3.8, 4) is 0 Å². The average Bonchev–Trinajstić information content (AvgIpc) is 3.33. The molecule has 0 saturated carbocycles. The smallest absolute Gasteiger partial charge is 0.244 e. The van der Waals surface area contributed by atoms with Crippen molar-refractivity contribution in [3.05, 3.63) is 59.4 Å². The molecule has 200 valence electrons. The number of fused-ring (bicyclic) bond motifs is 2. The van der Waals surface area contributed by atoms with E-state index in [1.54, 1.807) is 0 Å². The van der Waals surface area contributed by atoms with Gasteiger partial charge in [-0.15, -0.1) is 0 Å². The molecule has 0 bridgehead atoms. The van der Waals surface area contributed by atoms with Gasteiger partial charge in [-0.3, -0.25) is 9.59 Å². The van der Waals surface area contributed by atoms with Crippen molar-refractivity contribution in [1.82, 2.24) is 5.32 Å². The Morgan fingerprint density at radius 1 is 1.16 bits per heavy atom. The second-order valence-electron chi connectivity index (χ2n) is 11.1. The zero-order valence-electron chi connectivity index (χ0n) is 21.0. The minimum atomic E-state index is -1.21. The molecule has 4 rings (SSSR count). The number of halogens is 3. The fraction of sp³-hybridized carbons (Fsp3) is 0.481. The molecule has 2 heterocycles. The fourth-order valence-electron chi connectivity index (χ4n) is 5.39. The van der Waals surface area contributed by atoms with E-state index in [2.05, 4.69) is 10.6 Å². The summed E-state index contributed by atoms with van der Waals surface area (Å²) in [5.74, 6) is -3.56. The van der Waals surface area contributed by atoms with E-state index >= 15 is 0 Å². The zero-order chi connectivity index (χ0) is 27.1. The summed E-state index contributed by atoms with van der Waals surface area (Å²) in [6.07, 6.45) is -0.613. The third-order valence-electron chi connectivity index (χ3n) is 7.13. The largest absolute Gasteiger partial charge is 0.394 e. The topological polar surface area (TPSA) is 102 Å². The van der Waals surface area contributed by atoms with Gasteiger partial charge in [-0.1, -0.05) is 20.8 Å². The molecule has 4 unspecified atom stereocenters. The molecule has 0 aliphatic carbocycles. The number of carbonyl (C=O) groups excluding carboxylic acids is 2. The molecule has 1 spiro atoms. The van der Waals surface area contributed by atoms with Gasteiger partial charge in [0, 0.05) is 30.0 Å². The number of hydrogen-bond acceptors (Lipinski definition) is 5. The third kappa shape index (κ3) is 5.23. The predicted octanol–water partition coefficient (Wildman–Crippen LogP) is 3.24. The van der Waals surface area contributed by atoms with Crippen LogP contribution in [0.5, 0.6) is 0 Å². The molecule has 4 atom stereocenters. The number of aliphatic hydroxyl groups excluding tert-OH is 2. The van der Waals surface area contributed by atoms with E-state index in [1.807, 2.05) is 20.8 Å². The number of nitrogens with one attached hydrogen (secondary N) is 2. The van der Waals surface area contributed by atoms with Crippen molar-refractivity contribution >= 4 is 23.2 Å². The minimum absolute atomic E-state index is 0.0148. The Morgan fingerprint density at radius 2 is 1.89 bits per heavy atom. The summed E-state index contributed by atoms with van der Waals surface area (Å²) >= 11 is 0. The van der Waals surface area contributed by atoms with E-state index in [0.29, 0.717) is 17.7 Å². The molecular weight excluding hydrogens is 487 g/mol. The van der Waals surface area contributed by atoms with Crippen LogP contribution in [0.4, 0.5) is 24.5 Å². The van der Waals surface area contributed by atoms with Gasteiger partial charge in [-0.05, 0) is 60.6 Å². The van der Waals surface area contributed by atoms with Gasteiger partial charge in [-0.25, -0.2) is 13.2 Å². The lowest BCUT2D eigenvalue weighted by Crippen LogP contribution is -2.49. The summed E-state index contributed by atoms with van der Waals surface area (Å²) in [6.45, 7) is 5.39. The second kappa shape index (κ2) is 10.1. The maximum absolute atomic E-state index is 14.3. The van der Waals surface area contributed by atoms with Gasteiger partial charge in [-0.2, -0.15) is 0 Å². The van der Waals surface area contributed by atoms with Crippen molar-refractivity contribution in [2.45, 2.75) is 63.6 Å². The van der Waals surface area contributed by atoms with Crippen LogP contribution < -0.4 is 15.5 Å². The van der Waals surface area contributed by atoms with E-state index < -0.39 is 53.6 Å². The summed E-state index contributed by atoms with van der Waals surface area (Å²) in [5.41, 5.74) is -0.417. The number of anilines is 2. The van der Waals surface area contributed by atoms with Crippen LogP contribution in [0.1, 0.15) is 45.6 Å². The first-order chi connectivity index (χ1) is 17.4. The lowest BCUT2D eigenvalue weighted by molar-refractivity contribution is -0.121. The summed E-state index contributed by atoms with van der Waals surface area (Å²) in [7, 11) is 0. The highest BCUT2D eigenvalue weighted by Crippen LogP contribution is 2.50. The number of aliphatic hydroxyl groups is 2. The van der Waals surface area contributed by atoms with Crippen LogP contribution in [0.25, 0.3) is 0 Å². The molecule has 0 aromatic heterocycles. The van der Waals surface area contributed by atoms with Crippen LogP contribution >= 0.6 is 0 Å². The SMILES string of the molecule is CC(C)(C)CC1NC(C(=O)N(CCC(O)CO)c2ccc(F)c(F)c2)CC12C(=O)Nc1ccc(F)cc12. The van der Waals surface area contributed by atoms with E-state index in [4.69, 9.17) is 0 Å². The molecule has 2 aromatic carbocycles. The summed E-state index contributed by atoms with van der Waals surface area (Å²) in [5, 5.41) is 25.2. The van der Waals surface area contributed by atoms with Crippen LogP contribution in [0.3, 0.4) is 0 Å². The lowest BCUT2D eigenvalue weighted by Gasteiger charge is -2.33. The number of rotatable bonds is 7. The Labute approximate surface area is 213 Å². The Hall–Kier alpha value is -2.95. The first-order valence-corrected chi connectivity index (χ1v) is 12.3. The van der Waals surface area contributed by atoms with Crippen LogP contribution in [0.2, 0.25) is 0 Å². The normalized spacial score (nSPS) is 23.7. The van der Waals surface area contributed by atoms with E-state index in [0.717, 1.165) is 12.1 Å². The molecule has 37 heavy (non-hydrogen) atoms. The van der Waals surface area contributed by atoms with Gasteiger partial charge in [0.05, 0.1) is 24.2 Å². The Morgan fingerprint density at radius 3 is 2.54 bits per heavy atom. The minimum Gasteiger partial charge on any atom is -0.394 e. The fourth-order valence-corrected chi connectivity index (χ4v) is 5.39. The van der Waals surface area contributed by atoms with Crippen LogP contribution in [-0.2, 0) is 15.0 Å². The molecule has 0 radical (unpaired) electrons. The van der Waals surface area contributed by atoms with Gasteiger partial charge in [0.1, 0.15) is 5.82 Å². The molecular formula is C27H32F3N3O4. The molecule has 1 fully saturated rings. The zero-order valence-corrected chi connectivity index (χ0v) is 21.0. The number of carbonyl (C=O) groups is 2. The van der Waals surface area contributed by atoms with Crippen molar-refractivity contribution in [2.75, 3.05) is 23.4 Å². The highest BCUT2D eigenvalue weighted by molar-refractivity contribution is 6.08. The van der Waals surface area contributed by atoms with Crippen molar-refractivity contribution in [1.29, 1.82) is 0 Å². The highest BCUT2D eigenvalue weighted by Gasteiger charge is 2.59. The van der Waals surface area contributed by atoms with Crippen molar-refractivity contribution in [3.63, 3.8) is 0 Å². The van der Waals surface area contributed by atoms with Gasteiger partial charge in [0.15, 0.2) is 11.6 Å². The number of hydrogen-bond donors (Lipinski definition) is 4. The molecule has 2 aromatic rings. The molecule has 10 heteroatoms. The molecule has 2 amide bonds. The van der Waals surface area contributed by atoms with Gasteiger partial charge >= 0.3 is 0 Å². The monoisotopic (exact) mass is 519 g/mol. The summed E-state index contributed by atoms with van der Waals surface area (Å²) in [6, 6.07) is 5.72. The molecule has 1 saturated heterocycles. The molecule has 2 aliphatic heterocycles. The van der Waals surface area contributed by atoms with E-state index in [1.165, 1.54) is 29.2 Å². The van der Waals surface area contributed by atoms with E-state index in [-0.39, 0.29) is 36.4 Å². The molecule has 2 aliphatic rings. The maximum Gasteiger partial charge on any atom is 0.244 e.